The minimum Gasteiger partial charge on any atom is -0.367 e. The van der Waals surface area contributed by atoms with Gasteiger partial charge in [0.15, 0.2) is 16.0 Å². The quantitative estimate of drug-likeness (QED) is 0.406. The van der Waals surface area contributed by atoms with Crippen molar-refractivity contribution in [3.63, 3.8) is 0 Å². The van der Waals surface area contributed by atoms with Crippen LogP contribution in [0.5, 0.6) is 0 Å². The standard InChI is InChI=1S/C23H32N8O2S2/c1-13(2)26-19-16-11-25-30(20(16)29-22(28-19)34-3)9-8-24-18(32)10-14-12-35-23-27-17-7-5-4-6-15(17)21(33)31(14)23/h11,13-15,17H,4-10,12H2,1-3H3,(H,24,32)(H,26,28,29). The lowest BCUT2D eigenvalue weighted by molar-refractivity contribution is -0.135. The van der Waals surface area contributed by atoms with E-state index in [1.165, 1.54) is 11.8 Å². The minimum absolute atomic E-state index is 0.00639. The van der Waals surface area contributed by atoms with Crippen molar-refractivity contribution in [2.45, 2.75) is 75.8 Å². The van der Waals surface area contributed by atoms with E-state index in [0.29, 0.717) is 18.2 Å². The molecule has 1 saturated heterocycles. The molecule has 12 heteroatoms. The molecular formula is C23H32N8O2S2. The number of hydrogen-bond acceptors (Lipinski definition) is 9. The fraction of sp³-hybridized carbons (Fsp3) is 0.652. The molecule has 3 atom stereocenters. The second-order valence-corrected chi connectivity index (χ2v) is 11.3. The first-order valence-electron chi connectivity index (χ1n) is 12.3. The smallest absolute Gasteiger partial charge is 0.234 e. The molecule has 0 aromatic carbocycles. The van der Waals surface area contributed by atoms with Crippen LogP contribution < -0.4 is 10.6 Å². The SMILES string of the molecule is CSc1nc(NC(C)C)c2cnn(CCNC(=O)CC3CSC4=NC5CCCCC5C(=O)N43)c2n1. The third-order valence-corrected chi connectivity index (χ3v) is 8.35. The van der Waals surface area contributed by atoms with Crippen LogP contribution in [0.15, 0.2) is 16.3 Å². The zero-order chi connectivity index (χ0) is 24.5. The highest BCUT2D eigenvalue weighted by Crippen LogP contribution is 2.38. The lowest BCUT2D eigenvalue weighted by atomic mass is 9.83. The summed E-state index contributed by atoms with van der Waals surface area (Å²) in [6, 6.07) is 0.250. The topological polar surface area (TPSA) is 117 Å². The van der Waals surface area contributed by atoms with E-state index in [0.717, 1.165) is 53.5 Å². The lowest BCUT2D eigenvalue weighted by Gasteiger charge is -2.37. The lowest BCUT2D eigenvalue weighted by Crippen LogP contribution is -2.51. The molecule has 0 spiro atoms. The normalized spacial score (nSPS) is 23.9. The van der Waals surface area contributed by atoms with Crippen molar-refractivity contribution >= 4 is 57.4 Å². The van der Waals surface area contributed by atoms with Gasteiger partial charge in [-0.25, -0.2) is 14.6 Å². The number of aromatic nitrogens is 4. The molecule has 5 rings (SSSR count). The Bertz CT molecular complexity index is 1150. The van der Waals surface area contributed by atoms with Crippen LogP contribution in [0.4, 0.5) is 5.82 Å². The predicted octanol–water partition coefficient (Wildman–Crippen LogP) is 2.75. The van der Waals surface area contributed by atoms with Gasteiger partial charge in [-0.3, -0.25) is 19.5 Å². The molecule has 35 heavy (non-hydrogen) atoms. The van der Waals surface area contributed by atoms with Crippen molar-refractivity contribution in [1.82, 2.24) is 30.0 Å². The highest BCUT2D eigenvalue weighted by molar-refractivity contribution is 8.14. The van der Waals surface area contributed by atoms with Crippen LogP contribution in [-0.2, 0) is 16.1 Å². The minimum atomic E-state index is -0.124. The molecule has 2 N–H and O–H groups in total. The molecule has 2 aliphatic heterocycles. The van der Waals surface area contributed by atoms with Crippen molar-refractivity contribution in [1.29, 1.82) is 0 Å². The second-order valence-electron chi connectivity index (χ2n) is 9.56. The monoisotopic (exact) mass is 516 g/mol. The van der Waals surface area contributed by atoms with E-state index in [2.05, 4.69) is 39.5 Å². The summed E-state index contributed by atoms with van der Waals surface area (Å²) in [4.78, 5) is 41.8. The molecule has 0 radical (unpaired) electrons. The summed E-state index contributed by atoms with van der Waals surface area (Å²) < 4.78 is 1.80. The van der Waals surface area contributed by atoms with E-state index in [1.807, 2.05) is 11.2 Å². The average molecular weight is 517 g/mol. The first kappa shape index (κ1) is 24.4. The van der Waals surface area contributed by atoms with Gasteiger partial charge in [0.25, 0.3) is 0 Å². The van der Waals surface area contributed by atoms with Crippen LogP contribution in [-0.4, -0.2) is 78.3 Å². The highest BCUT2D eigenvalue weighted by atomic mass is 32.2. The molecule has 2 aromatic heterocycles. The van der Waals surface area contributed by atoms with Crippen LogP contribution >= 0.6 is 23.5 Å². The Balaban J connectivity index is 1.20. The molecule has 2 amide bonds. The highest BCUT2D eigenvalue weighted by Gasteiger charge is 2.45. The van der Waals surface area contributed by atoms with Crippen LogP contribution in [0.3, 0.4) is 0 Å². The molecule has 2 aromatic rings. The average Bonchev–Trinajstić information content (AvgIpc) is 3.43. The van der Waals surface area contributed by atoms with Gasteiger partial charge in [-0.1, -0.05) is 36.4 Å². The molecule has 0 bridgehead atoms. The number of hydrogen-bond donors (Lipinski definition) is 2. The molecule has 4 heterocycles. The maximum absolute atomic E-state index is 13.1. The van der Waals surface area contributed by atoms with Crippen LogP contribution in [0.2, 0.25) is 0 Å². The third kappa shape index (κ3) is 5.00. The number of aliphatic imine (C=N–C) groups is 1. The Labute approximate surface area is 213 Å². The number of carbonyl (C=O) groups excluding carboxylic acids is 2. The number of nitrogens with one attached hydrogen (secondary N) is 2. The van der Waals surface area contributed by atoms with Crippen LogP contribution in [0.1, 0.15) is 46.0 Å². The Morgan fingerprint density at radius 1 is 1.29 bits per heavy atom. The van der Waals surface area contributed by atoms with Gasteiger partial charge in [-0.15, -0.1) is 0 Å². The van der Waals surface area contributed by atoms with Crippen molar-refractivity contribution < 1.29 is 9.59 Å². The number of thioether (sulfide) groups is 2. The third-order valence-electron chi connectivity index (χ3n) is 6.69. The number of carbonyl (C=O) groups is 2. The summed E-state index contributed by atoms with van der Waals surface area (Å²) in [7, 11) is 0. The van der Waals surface area contributed by atoms with Crippen molar-refractivity contribution in [3.05, 3.63) is 6.20 Å². The van der Waals surface area contributed by atoms with E-state index in [9.17, 15) is 9.59 Å². The maximum atomic E-state index is 13.1. The molecule has 1 saturated carbocycles. The fourth-order valence-electron chi connectivity index (χ4n) is 5.03. The number of nitrogens with zero attached hydrogens (tertiary/aromatic N) is 6. The van der Waals surface area contributed by atoms with Gasteiger partial charge in [0.1, 0.15) is 5.82 Å². The van der Waals surface area contributed by atoms with E-state index >= 15 is 0 Å². The Hall–Kier alpha value is -2.34. The number of anilines is 1. The zero-order valence-electron chi connectivity index (χ0n) is 20.4. The second kappa shape index (κ2) is 10.3. The summed E-state index contributed by atoms with van der Waals surface area (Å²) >= 11 is 3.09. The van der Waals surface area contributed by atoms with Crippen molar-refractivity contribution in [2.24, 2.45) is 10.9 Å². The van der Waals surface area contributed by atoms with Gasteiger partial charge < -0.3 is 10.6 Å². The molecule has 3 unspecified atom stereocenters. The molecular weight excluding hydrogens is 484 g/mol. The van der Waals surface area contributed by atoms with Gasteiger partial charge >= 0.3 is 0 Å². The van der Waals surface area contributed by atoms with E-state index in [1.54, 1.807) is 22.6 Å². The van der Waals surface area contributed by atoms with Gasteiger partial charge in [-0.05, 0) is 32.9 Å². The first-order chi connectivity index (χ1) is 16.9. The Morgan fingerprint density at radius 2 is 2.11 bits per heavy atom. The number of fused-ring (bicyclic) bond motifs is 3. The molecule has 2 fully saturated rings. The molecule has 188 valence electrons. The summed E-state index contributed by atoms with van der Waals surface area (Å²) in [5.41, 5.74) is 0.746. The van der Waals surface area contributed by atoms with Crippen molar-refractivity contribution in [2.75, 3.05) is 23.9 Å². The largest absolute Gasteiger partial charge is 0.367 e. The Kier molecular flexibility index (Phi) is 7.19. The van der Waals surface area contributed by atoms with Gasteiger partial charge in [0.2, 0.25) is 11.8 Å². The molecule has 3 aliphatic rings. The zero-order valence-corrected chi connectivity index (χ0v) is 22.0. The van der Waals surface area contributed by atoms with Gasteiger partial charge in [0, 0.05) is 24.8 Å². The predicted molar refractivity (Wildman–Crippen MR) is 140 cm³/mol. The summed E-state index contributed by atoms with van der Waals surface area (Å²) in [6.45, 7) is 5.06. The first-order valence-corrected chi connectivity index (χ1v) is 14.5. The van der Waals surface area contributed by atoms with Gasteiger partial charge in [-0.2, -0.15) is 5.10 Å². The van der Waals surface area contributed by atoms with E-state index in [4.69, 9.17) is 4.99 Å². The summed E-state index contributed by atoms with van der Waals surface area (Å²) in [6.07, 6.45) is 8.14. The van der Waals surface area contributed by atoms with Crippen LogP contribution in [0.25, 0.3) is 11.0 Å². The number of amidine groups is 1. The summed E-state index contributed by atoms with van der Waals surface area (Å²) in [5, 5.41) is 13.2. The number of amides is 2. The maximum Gasteiger partial charge on any atom is 0.234 e. The van der Waals surface area contributed by atoms with Gasteiger partial charge in [0.05, 0.1) is 36.1 Å². The molecule has 10 nitrogen and oxygen atoms in total. The molecule has 1 aliphatic carbocycles. The van der Waals surface area contributed by atoms with E-state index in [-0.39, 0.29) is 42.3 Å². The summed E-state index contributed by atoms with van der Waals surface area (Å²) in [5.74, 6) is 1.59. The fourth-order valence-corrected chi connectivity index (χ4v) is 6.59. The van der Waals surface area contributed by atoms with Crippen LogP contribution in [0, 0.1) is 5.92 Å². The Morgan fingerprint density at radius 3 is 2.91 bits per heavy atom. The van der Waals surface area contributed by atoms with E-state index < -0.39 is 0 Å². The number of rotatable bonds is 8. The van der Waals surface area contributed by atoms with Crippen molar-refractivity contribution in [3.8, 4) is 0 Å².